The quantitative estimate of drug-likeness (QED) is 0.129. The summed E-state index contributed by atoms with van der Waals surface area (Å²) >= 11 is 0. The number of carbonyl (C=O) groups is 3. The number of amides is 2. The molecule has 0 bridgehead atoms. The SMILES string of the molecule is Cl.NC(N)=NCCC[C@@H](C=O)NC(=O)[C@@H]1CCCN1C(=O)CNS(=O)(=O)c1cccc2cccnc12. The number of fused-ring (bicyclic) bond motifs is 1. The number of halogens is 1. The molecule has 1 saturated heterocycles. The molecule has 3 rings (SSSR count). The van der Waals surface area contributed by atoms with E-state index < -0.39 is 40.5 Å². The van der Waals surface area contributed by atoms with Crippen molar-refractivity contribution in [1.29, 1.82) is 0 Å². The molecule has 14 heteroatoms. The van der Waals surface area contributed by atoms with E-state index in [0.717, 1.165) is 0 Å². The fourth-order valence-electron chi connectivity index (χ4n) is 3.94. The van der Waals surface area contributed by atoms with Gasteiger partial charge in [-0.05, 0) is 37.8 Å². The molecule has 2 aromatic rings. The van der Waals surface area contributed by atoms with Crippen LogP contribution in [-0.4, -0.2) is 74.1 Å². The molecule has 2 heterocycles. The number of aldehydes is 1. The Morgan fingerprint density at radius 2 is 2.00 bits per heavy atom. The number of aliphatic imine (C=N–C) groups is 1. The van der Waals surface area contributed by atoms with E-state index in [1.165, 1.54) is 17.2 Å². The predicted octanol–water partition coefficient (Wildman–Crippen LogP) is -0.337. The maximum atomic E-state index is 12.9. The van der Waals surface area contributed by atoms with Gasteiger partial charge in [-0.2, -0.15) is 0 Å². The molecule has 1 aromatic carbocycles. The molecular weight excluding hydrogens is 510 g/mol. The van der Waals surface area contributed by atoms with Gasteiger partial charge in [0.2, 0.25) is 21.8 Å². The second kappa shape index (κ2) is 13.1. The van der Waals surface area contributed by atoms with E-state index in [1.54, 1.807) is 24.3 Å². The number of hydrogen-bond acceptors (Lipinski definition) is 7. The molecule has 0 unspecified atom stereocenters. The highest BCUT2D eigenvalue weighted by Gasteiger charge is 2.35. The number of nitrogens with one attached hydrogen (secondary N) is 2. The number of benzene rings is 1. The van der Waals surface area contributed by atoms with Crippen molar-refractivity contribution >= 4 is 57.4 Å². The van der Waals surface area contributed by atoms with Gasteiger partial charge in [0.15, 0.2) is 5.96 Å². The molecule has 1 aromatic heterocycles. The Kier molecular flexibility index (Phi) is 10.6. The summed E-state index contributed by atoms with van der Waals surface area (Å²) < 4.78 is 28.1. The Morgan fingerprint density at radius 3 is 2.72 bits per heavy atom. The van der Waals surface area contributed by atoms with Gasteiger partial charge in [-0.1, -0.05) is 18.2 Å². The van der Waals surface area contributed by atoms with Crippen LogP contribution in [-0.2, 0) is 24.4 Å². The molecule has 0 aliphatic carbocycles. The molecule has 36 heavy (non-hydrogen) atoms. The Bertz CT molecular complexity index is 1210. The standard InChI is InChI=1S/C22H29N7O5S.ClH/c23-22(24)26-11-3-7-16(14-30)28-21(32)17-8-4-12-29(17)19(31)13-27-35(33,34)18-9-1-5-15-6-2-10-25-20(15)18;/h1-2,5-6,9-10,14,16-17,27H,3-4,7-8,11-13H2,(H,28,32)(H4,23,24,26);1H/t16-,17-;/m0./s1. The average Bonchev–Trinajstić information content (AvgIpc) is 3.34. The highest BCUT2D eigenvalue weighted by molar-refractivity contribution is 7.89. The van der Waals surface area contributed by atoms with Crippen molar-refractivity contribution in [3.8, 4) is 0 Å². The fourth-order valence-corrected chi connectivity index (χ4v) is 5.09. The number of rotatable bonds is 11. The van der Waals surface area contributed by atoms with E-state index in [-0.39, 0.29) is 23.3 Å². The first kappa shape index (κ1) is 28.9. The summed E-state index contributed by atoms with van der Waals surface area (Å²) in [4.78, 5) is 46.2. The summed E-state index contributed by atoms with van der Waals surface area (Å²) in [5, 5.41) is 3.29. The predicted molar refractivity (Wildman–Crippen MR) is 137 cm³/mol. The van der Waals surface area contributed by atoms with E-state index in [9.17, 15) is 22.8 Å². The summed E-state index contributed by atoms with van der Waals surface area (Å²) in [5.74, 6) is -1.05. The normalized spacial score (nSPS) is 16.1. The van der Waals surface area contributed by atoms with Crippen LogP contribution in [0.1, 0.15) is 25.7 Å². The Hall–Kier alpha value is -3.29. The van der Waals surface area contributed by atoms with E-state index in [4.69, 9.17) is 11.5 Å². The van der Waals surface area contributed by atoms with Crippen molar-refractivity contribution in [3.05, 3.63) is 36.5 Å². The van der Waals surface area contributed by atoms with Crippen molar-refractivity contribution in [2.45, 2.75) is 42.7 Å². The van der Waals surface area contributed by atoms with Crippen molar-refractivity contribution in [2.75, 3.05) is 19.6 Å². The van der Waals surface area contributed by atoms with Crippen molar-refractivity contribution in [3.63, 3.8) is 0 Å². The number of carbonyl (C=O) groups excluding carboxylic acids is 3. The van der Waals surface area contributed by atoms with Crippen LogP contribution in [0.3, 0.4) is 0 Å². The minimum absolute atomic E-state index is 0. The first-order chi connectivity index (χ1) is 16.7. The van der Waals surface area contributed by atoms with Crippen LogP contribution in [0, 0.1) is 0 Å². The van der Waals surface area contributed by atoms with Gasteiger partial charge < -0.3 is 26.5 Å². The molecule has 1 aliphatic heterocycles. The number of hydrogen-bond donors (Lipinski definition) is 4. The lowest BCUT2D eigenvalue weighted by atomic mass is 10.1. The first-order valence-corrected chi connectivity index (χ1v) is 12.6. The summed E-state index contributed by atoms with van der Waals surface area (Å²) in [6, 6.07) is 6.68. The van der Waals surface area contributed by atoms with Crippen molar-refractivity contribution in [1.82, 2.24) is 19.9 Å². The van der Waals surface area contributed by atoms with Crippen LogP contribution in [0.15, 0.2) is 46.4 Å². The smallest absolute Gasteiger partial charge is 0.243 e. The number of sulfonamides is 1. The molecule has 0 spiro atoms. The lowest BCUT2D eigenvalue weighted by molar-refractivity contribution is -0.138. The maximum absolute atomic E-state index is 12.9. The number of para-hydroxylation sites is 1. The van der Waals surface area contributed by atoms with Crippen LogP contribution >= 0.6 is 12.4 Å². The highest BCUT2D eigenvalue weighted by Crippen LogP contribution is 2.21. The van der Waals surface area contributed by atoms with Gasteiger partial charge in [0.25, 0.3) is 0 Å². The molecular formula is C22H30ClN7O5S. The summed E-state index contributed by atoms with van der Waals surface area (Å²) in [6.07, 6.45) is 3.94. The van der Waals surface area contributed by atoms with Crippen LogP contribution < -0.4 is 21.5 Å². The van der Waals surface area contributed by atoms with Gasteiger partial charge in [0.1, 0.15) is 17.2 Å². The summed E-state index contributed by atoms with van der Waals surface area (Å²) in [6.45, 7) is 0.124. The van der Waals surface area contributed by atoms with Gasteiger partial charge in [0.05, 0.1) is 18.1 Å². The largest absolute Gasteiger partial charge is 0.370 e. The van der Waals surface area contributed by atoms with Crippen LogP contribution in [0.2, 0.25) is 0 Å². The van der Waals surface area contributed by atoms with Crippen LogP contribution in [0.25, 0.3) is 10.9 Å². The van der Waals surface area contributed by atoms with Gasteiger partial charge >= 0.3 is 0 Å². The number of aromatic nitrogens is 1. The number of nitrogens with two attached hydrogens (primary N) is 2. The maximum Gasteiger partial charge on any atom is 0.243 e. The van der Waals surface area contributed by atoms with Gasteiger partial charge in [-0.25, -0.2) is 13.1 Å². The molecule has 2 atom stereocenters. The third-order valence-electron chi connectivity index (χ3n) is 5.63. The molecule has 0 saturated carbocycles. The van der Waals surface area contributed by atoms with Crippen LogP contribution in [0.5, 0.6) is 0 Å². The lowest BCUT2D eigenvalue weighted by Gasteiger charge is -2.25. The van der Waals surface area contributed by atoms with E-state index >= 15 is 0 Å². The zero-order valence-electron chi connectivity index (χ0n) is 19.5. The highest BCUT2D eigenvalue weighted by atomic mass is 35.5. The molecule has 12 nitrogen and oxygen atoms in total. The molecule has 0 radical (unpaired) electrons. The minimum Gasteiger partial charge on any atom is -0.370 e. The first-order valence-electron chi connectivity index (χ1n) is 11.2. The molecule has 1 fully saturated rings. The van der Waals surface area contributed by atoms with Crippen molar-refractivity contribution in [2.24, 2.45) is 16.5 Å². The average molecular weight is 540 g/mol. The Morgan fingerprint density at radius 1 is 1.25 bits per heavy atom. The van der Waals surface area contributed by atoms with E-state index in [0.29, 0.717) is 56.0 Å². The third-order valence-corrected chi connectivity index (χ3v) is 7.07. The third kappa shape index (κ3) is 7.35. The zero-order valence-corrected chi connectivity index (χ0v) is 21.1. The summed E-state index contributed by atoms with van der Waals surface area (Å²) in [7, 11) is -4.03. The number of guanidine groups is 1. The fraction of sp³-hybridized carbons (Fsp3) is 0.409. The van der Waals surface area contributed by atoms with Gasteiger partial charge in [0, 0.05) is 24.7 Å². The number of nitrogens with zero attached hydrogens (tertiary/aromatic N) is 3. The number of likely N-dealkylation sites (tertiary alicyclic amines) is 1. The summed E-state index contributed by atoms with van der Waals surface area (Å²) in [5.41, 5.74) is 10.8. The van der Waals surface area contributed by atoms with E-state index in [2.05, 4.69) is 20.0 Å². The van der Waals surface area contributed by atoms with Crippen LogP contribution in [0.4, 0.5) is 0 Å². The molecule has 6 N–H and O–H groups in total. The van der Waals surface area contributed by atoms with Gasteiger partial charge in [-0.15, -0.1) is 12.4 Å². The van der Waals surface area contributed by atoms with E-state index in [1.807, 2.05) is 0 Å². The topological polar surface area (TPSA) is 190 Å². The lowest BCUT2D eigenvalue weighted by Crippen LogP contribution is -2.51. The number of pyridine rings is 1. The zero-order chi connectivity index (χ0) is 25.4. The Labute approximate surface area is 215 Å². The molecule has 2 amide bonds. The second-order valence-corrected chi connectivity index (χ2v) is 9.84. The molecule has 196 valence electrons. The molecule has 1 aliphatic rings. The minimum atomic E-state index is -4.03. The Balaban J connectivity index is 0.00000456. The second-order valence-electron chi connectivity index (χ2n) is 8.10. The monoisotopic (exact) mass is 539 g/mol. The van der Waals surface area contributed by atoms with Gasteiger partial charge in [-0.3, -0.25) is 19.6 Å². The van der Waals surface area contributed by atoms with Crippen molar-refractivity contribution < 1.29 is 22.8 Å².